The molecule has 0 spiro atoms. The predicted octanol–water partition coefficient (Wildman–Crippen LogP) is 5.71. The summed E-state index contributed by atoms with van der Waals surface area (Å²) in [5.74, 6) is 0.430. The van der Waals surface area contributed by atoms with E-state index in [0.29, 0.717) is 19.6 Å². The largest absolute Gasteiger partial charge is 0.464 e. The van der Waals surface area contributed by atoms with Crippen molar-refractivity contribution >= 4 is 23.8 Å². The Balaban J connectivity index is 3.81. The third kappa shape index (κ3) is 17.0. The SMILES string of the molecule is CCCCCCCCCCCCOC(=O)[C@H](CCSC)NC(=O)OCCC. The fraction of sp³-hybridized carbons (Fsp3) is 0.905. The van der Waals surface area contributed by atoms with Crippen molar-refractivity contribution < 1.29 is 19.1 Å². The molecule has 27 heavy (non-hydrogen) atoms. The molecule has 0 bridgehead atoms. The van der Waals surface area contributed by atoms with E-state index in [1.54, 1.807) is 11.8 Å². The molecule has 1 N–H and O–H groups in total. The molecule has 0 radical (unpaired) electrons. The minimum Gasteiger partial charge on any atom is -0.464 e. The molecular formula is C21H41NO4S. The van der Waals surface area contributed by atoms with Gasteiger partial charge in [-0.25, -0.2) is 9.59 Å². The highest BCUT2D eigenvalue weighted by molar-refractivity contribution is 7.98. The summed E-state index contributed by atoms with van der Waals surface area (Å²) in [5, 5.41) is 2.63. The molecule has 0 aromatic rings. The van der Waals surface area contributed by atoms with E-state index in [1.807, 2.05) is 13.2 Å². The molecule has 0 rings (SSSR count). The van der Waals surface area contributed by atoms with Crippen molar-refractivity contribution in [3.63, 3.8) is 0 Å². The Morgan fingerprint density at radius 3 is 1.96 bits per heavy atom. The van der Waals surface area contributed by atoms with Crippen LogP contribution in [-0.4, -0.2) is 43.3 Å². The van der Waals surface area contributed by atoms with E-state index in [0.717, 1.165) is 25.0 Å². The second-order valence-electron chi connectivity index (χ2n) is 6.96. The zero-order valence-electron chi connectivity index (χ0n) is 17.7. The maximum Gasteiger partial charge on any atom is 0.407 e. The van der Waals surface area contributed by atoms with Gasteiger partial charge in [0.15, 0.2) is 0 Å². The summed E-state index contributed by atoms with van der Waals surface area (Å²) in [6.07, 6.45) is 15.2. The summed E-state index contributed by atoms with van der Waals surface area (Å²) < 4.78 is 10.4. The van der Waals surface area contributed by atoms with Crippen molar-refractivity contribution in [1.29, 1.82) is 0 Å². The molecule has 0 saturated carbocycles. The number of unbranched alkanes of at least 4 members (excludes halogenated alkanes) is 9. The molecule has 1 amide bonds. The third-order valence-electron chi connectivity index (χ3n) is 4.37. The minimum atomic E-state index is -0.620. The lowest BCUT2D eigenvalue weighted by Crippen LogP contribution is -2.42. The standard InChI is InChI=1S/C21H41NO4S/c1-4-6-7-8-9-10-11-12-13-14-17-25-20(23)19(15-18-27-3)22-21(24)26-16-5-2/h19H,4-18H2,1-3H3,(H,22,24)/t19-/m0/s1. The molecule has 0 aliphatic heterocycles. The van der Waals surface area contributed by atoms with Gasteiger partial charge >= 0.3 is 12.1 Å². The molecule has 5 nitrogen and oxygen atoms in total. The van der Waals surface area contributed by atoms with Crippen LogP contribution in [0.4, 0.5) is 4.79 Å². The van der Waals surface area contributed by atoms with Gasteiger partial charge in [0.2, 0.25) is 0 Å². The smallest absolute Gasteiger partial charge is 0.407 e. The molecule has 0 heterocycles. The molecule has 0 aromatic carbocycles. The Labute approximate surface area is 170 Å². The van der Waals surface area contributed by atoms with Crippen molar-refractivity contribution in [3.05, 3.63) is 0 Å². The maximum atomic E-state index is 12.2. The lowest BCUT2D eigenvalue weighted by Gasteiger charge is -2.17. The molecule has 0 aliphatic carbocycles. The fourth-order valence-electron chi connectivity index (χ4n) is 2.73. The van der Waals surface area contributed by atoms with Gasteiger partial charge in [-0.05, 0) is 31.3 Å². The highest BCUT2D eigenvalue weighted by Gasteiger charge is 2.22. The van der Waals surface area contributed by atoms with Gasteiger partial charge < -0.3 is 14.8 Å². The Morgan fingerprint density at radius 2 is 1.41 bits per heavy atom. The van der Waals surface area contributed by atoms with Crippen LogP contribution in [0, 0.1) is 0 Å². The number of nitrogens with one attached hydrogen (secondary N) is 1. The van der Waals surface area contributed by atoms with Gasteiger partial charge in [-0.3, -0.25) is 0 Å². The van der Waals surface area contributed by atoms with Gasteiger partial charge in [0.1, 0.15) is 6.04 Å². The lowest BCUT2D eigenvalue weighted by atomic mass is 10.1. The summed E-state index contributed by atoms with van der Waals surface area (Å²) in [5.41, 5.74) is 0. The van der Waals surface area contributed by atoms with Gasteiger partial charge in [0, 0.05) is 0 Å². The molecule has 0 fully saturated rings. The molecule has 0 saturated heterocycles. The highest BCUT2D eigenvalue weighted by atomic mass is 32.2. The number of rotatable bonds is 18. The lowest BCUT2D eigenvalue weighted by molar-refractivity contribution is -0.146. The first-order valence-electron chi connectivity index (χ1n) is 10.7. The van der Waals surface area contributed by atoms with Crippen LogP contribution in [0.25, 0.3) is 0 Å². The first-order valence-corrected chi connectivity index (χ1v) is 12.1. The first kappa shape index (κ1) is 26.1. The van der Waals surface area contributed by atoms with E-state index in [4.69, 9.17) is 9.47 Å². The van der Waals surface area contributed by atoms with E-state index >= 15 is 0 Å². The Kier molecular flexibility index (Phi) is 19.2. The van der Waals surface area contributed by atoms with Gasteiger partial charge in [0.05, 0.1) is 13.2 Å². The number of carbonyl (C=O) groups is 2. The zero-order chi connectivity index (χ0) is 20.2. The number of alkyl carbamates (subject to hydrolysis) is 1. The predicted molar refractivity (Wildman–Crippen MR) is 114 cm³/mol. The molecule has 0 aromatic heterocycles. The van der Waals surface area contributed by atoms with Crippen LogP contribution in [0.5, 0.6) is 0 Å². The van der Waals surface area contributed by atoms with Crippen LogP contribution in [0.1, 0.15) is 90.9 Å². The van der Waals surface area contributed by atoms with E-state index < -0.39 is 12.1 Å². The van der Waals surface area contributed by atoms with Crippen molar-refractivity contribution in [3.8, 4) is 0 Å². The van der Waals surface area contributed by atoms with E-state index in [2.05, 4.69) is 12.2 Å². The number of carbonyl (C=O) groups excluding carboxylic acids is 2. The average Bonchev–Trinajstić information content (AvgIpc) is 2.67. The molecule has 0 aliphatic rings. The number of amides is 1. The Bertz CT molecular complexity index is 366. The Morgan fingerprint density at radius 1 is 0.815 bits per heavy atom. The number of hydrogen-bond acceptors (Lipinski definition) is 5. The van der Waals surface area contributed by atoms with Gasteiger partial charge in [-0.15, -0.1) is 0 Å². The first-order chi connectivity index (χ1) is 13.2. The van der Waals surface area contributed by atoms with Crippen molar-refractivity contribution in [2.24, 2.45) is 0 Å². The van der Waals surface area contributed by atoms with Crippen LogP contribution in [0.15, 0.2) is 0 Å². The van der Waals surface area contributed by atoms with Crippen LogP contribution < -0.4 is 5.32 Å². The summed E-state index contributed by atoms with van der Waals surface area (Å²) in [6.45, 7) is 4.96. The monoisotopic (exact) mass is 403 g/mol. The number of hydrogen-bond donors (Lipinski definition) is 1. The van der Waals surface area contributed by atoms with Crippen molar-refractivity contribution in [2.45, 2.75) is 96.9 Å². The maximum absolute atomic E-state index is 12.2. The van der Waals surface area contributed by atoms with E-state index in [9.17, 15) is 9.59 Å². The van der Waals surface area contributed by atoms with Crippen LogP contribution in [0.2, 0.25) is 0 Å². The number of thioether (sulfide) groups is 1. The minimum absolute atomic E-state index is 0.353. The summed E-state index contributed by atoms with van der Waals surface area (Å²) in [7, 11) is 0. The topological polar surface area (TPSA) is 64.6 Å². The van der Waals surface area contributed by atoms with Gasteiger partial charge in [0.25, 0.3) is 0 Å². The molecule has 1 atom stereocenters. The van der Waals surface area contributed by atoms with Gasteiger partial charge in [-0.2, -0.15) is 11.8 Å². The van der Waals surface area contributed by atoms with Crippen LogP contribution >= 0.6 is 11.8 Å². The second-order valence-corrected chi connectivity index (χ2v) is 7.95. The number of ether oxygens (including phenoxy) is 2. The van der Waals surface area contributed by atoms with Crippen molar-refractivity contribution in [1.82, 2.24) is 5.32 Å². The summed E-state index contributed by atoms with van der Waals surface area (Å²) in [4.78, 5) is 23.9. The highest BCUT2D eigenvalue weighted by Crippen LogP contribution is 2.11. The van der Waals surface area contributed by atoms with Crippen LogP contribution in [0.3, 0.4) is 0 Å². The zero-order valence-corrected chi connectivity index (χ0v) is 18.5. The third-order valence-corrected chi connectivity index (χ3v) is 5.01. The average molecular weight is 404 g/mol. The summed E-state index contributed by atoms with van der Waals surface area (Å²) >= 11 is 1.64. The molecule has 0 unspecified atom stereocenters. The van der Waals surface area contributed by atoms with Gasteiger partial charge in [-0.1, -0.05) is 71.6 Å². The second kappa shape index (κ2) is 19.8. The summed E-state index contributed by atoms with van der Waals surface area (Å²) in [6, 6.07) is -0.620. The quantitative estimate of drug-likeness (QED) is 0.235. The normalized spacial score (nSPS) is 11.8. The number of esters is 1. The van der Waals surface area contributed by atoms with E-state index in [-0.39, 0.29) is 5.97 Å². The molecule has 160 valence electrons. The molecule has 6 heteroatoms. The van der Waals surface area contributed by atoms with Crippen molar-refractivity contribution in [2.75, 3.05) is 25.2 Å². The molecular weight excluding hydrogens is 362 g/mol. The van der Waals surface area contributed by atoms with Crippen LogP contribution in [-0.2, 0) is 14.3 Å². The van der Waals surface area contributed by atoms with E-state index in [1.165, 1.54) is 51.4 Å². The Hall–Kier alpha value is -0.910. The fourth-order valence-corrected chi connectivity index (χ4v) is 3.20.